The van der Waals surface area contributed by atoms with Gasteiger partial charge in [-0.05, 0) is 24.7 Å². The van der Waals surface area contributed by atoms with Gasteiger partial charge in [-0.3, -0.25) is 9.59 Å². The second kappa shape index (κ2) is 5.87. The van der Waals surface area contributed by atoms with Crippen molar-refractivity contribution in [2.24, 2.45) is 17.8 Å². The van der Waals surface area contributed by atoms with Crippen molar-refractivity contribution in [3.8, 4) is 0 Å². The van der Waals surface area contributed by atoms with Crippen LogP contribution in [0, 0.1) is 17.8 Å². The van der Waals surface area contributed by atoms with E-state index < -0.39 is 17.9 Å². The highest BCUT2D eigenvalue weighted by molar-refractivity contribution is 5.95. The van der Waals surface area contributed by atoms with Crippen LogP contribution in [0.15, 0.2) is 0 Å². The Morgan fingerprint density at radius 3 is 1.81 bits per heavy atom. The summed E-state index contributed by atoms with van der Waals surface area (Å²) in [4.78, 5) is 23.1. The largest absolute Gasteiger partial charge is 0.468 e. The van der Waals surface area contributed by atoms with Gasteiger partial charge in [0.25, 0.3) is 0 Å². The second-order valence-corrected chi connectivity index (χ2v) is 4.54. The Morgan fingerprint density at radius 2 is 1.44 bits per heavy atom. The van der Waals surface area contributed by atoms with Crippen molar-refractivity contribution in [2.75, 3.05) is 14.2 Å². The number of rotatable bonds is 3. The van der Waals surface area contributed by atoms with Crippen molar-refractivity contribution in [3.63, 3.8) is 0 Å². The summed E-state index contributed by atoms with van der Waals surface area (Å²) in [6, 6.07) is 0. The molecule has 1 saturated carbocycles. The monoisotopic (exact) mass is 228 g/mol. The molecule has 0 aromatic heterocycles. The molecule has 16 heavy (non-hydrogen) atoms. The topological polar surface area (TPSA) is 52.6 Å². The van der Waals surface area contributed by atoms with E-state index in [1.807, 2.05) is 0 Å². The van der Waals surface area contributed by atoms with E-state index in [2.05, 4.69) is 16.4 Å². The van der Waals surface area contributed by atoms with Crippen LogP contribution in [-0.4, -0.2) is 26.2 Å². The summed E-state index contributed by atoms with van der Waals surface area (Å²) in [6.45, 7) is 2.20. The van der Waals surface area contributed by atoms with Crippen LogP contribution in [0.4, 0.5) is 0 Å². The Morgan fingerprint density at radius 1 is 1.00 bits per heavy atom. The number of hydrogen-bond acceptors (Lipinski definition) is 4. The summed E-state index contributed by atoms with van der Waals surface area (Å²) in [5.41, 5.74) is 0. The molecule has 0 atom stereocenters. The van der Waals surface area contributed by atoms with Gasteiger partial charge in [0.05, 0.1) is 14.2 Å². The minimum Gasteiger partial charge on any atom is -0.468 e. The standard InChI is InChI=1S/C12H20O4/c1-8-4-6-9(7-5-8)10(11(13)15-2)12(14)16-3/h8-10H,4-7H2,1-3H3. The lowest BCUT2D eigenvalue weighted by molar-refractivity contribution is -0.162. The van der Waals surface area contributed by atoms with Crippen molar-refractivity contribution < 1.29 is 19.1 Å². The zero-order valence-electron chi connectivity index (χ0n) is 10.2. The molecule has 0 aliphatic heterocycles. The summed E-state index contributed by atoms with van der Waals surface area (Å²) in [5, 5.41) is 0. The van der Waals surface area contributed by atoms with Crippen molar-refractivity contribution in [2.45, 2.75) is 32.6 Å². The normalized spacial score (nSPS) is 25.2. The minimum absolute atomic E-state index is 0.0797. The highest BCUT2D eigenvalue weighted by Crippen LogP contribution is 2.34. The van der Waals surface area contributed by atoms with Crippen LogP contribution in [0.5, 0.6) is 0 Å². The summed E-state index contributed by atoms with van der Waals surface area (Å²) in [5.74, 6) is -0.899. The van der Waals surface area contributed by atoms with Gasteiger partial charge in [0.2, 0.25) is 0 Å². The number of carbonyl (C=O) groups excluding carboxylic acids is 2. The van der Waals surface area contributed by atoms with Crippen LogP contribution >= 0.6 is 0 Å². The van der Waals surface area contributed by atoms with Crippen molar-refractivity contribution >= 4 is 11.9 Å². The van der Waals surface area contributed by atoms with E-state index in [1.165, 1.54) is 14.2 Å². The molecule has 1 aliphatic carbocycles. The summed E-state index contributed by atoms with van der Waals surface area (Å²) >= 11 is 0. The number of esters is 2. The molecule has 92 valence electrons. The van der Waals surface area contributed by atoms with E-state index in [0.717, 1.165) is 25.7 Å². The lowest BCUT2D eigenvalue weighted by Gasteiger charge is -2.29. The summed E-state index contributed by atoms with van der Waals surface area (Å²) < 4.78 is 9.35. The fourth-order valence-electron chi connectivity index (χ4n) is 2.35. The Bertz CT molecular complexity index is 238. The molecule has 0 amide bonds. The van der Waals surface area contributed by atoms with E-state index in [9.17, 15) is 9.59 Å². The molecule has 1 aliphatic rings. The van der Waals surface area contributed by atoms with Crippen LogP contribution in [-0.2, 0) is 19.1 Å². The third-order valence-corrected chi connectivity index (χ3v) is 3.44. The molecule has 0 radical (unpaired) electrons. The van der Waals surface area contributed by atoms with Crippen molar-refractivity contribution in [1.82, 2.24) is 0 Å². The molecular formula is C12H20O4. The van der Waals surface area contributed by atoms with E-state index >= 15 is 0 Å². The molecule has 0 spiro atoms. The highest BCUT2D eigenvalue weighted by atomic mass is 16.5. The van der Waals surface area contributed by atoms with Crippen LogP contribution in [0.2, 0.25) is 0 Å². The first-order valence-electron chi connectivity index (χ1n) is 5.75. The number of carbonyl (C=O) groups is 2. The molecular weight excluding hydrogens is 208 g/mol. The maximum atomic E-state index is 11.6. The lowest BCUT2D eigenvalue weighted by Crippen LogP contribution is -2.35. The molecule has 0 bridgehead atoms. The average molecular weight is 228 g/mol. The molecule has 0 N–H and O–H groups in total. The zero-order chi connectivity index (χ0) is 12.1. The van der Waals surface area contributed by atoms with Gasteiger partial charge in [-0.2, -0.15) is 0 Å². The molecule has 1 rings (SSSR count). The van der Waals surface area contributed by atoms with Crippen LogP contribution in [0.1, 0.15) is 32.6 Å². The summed E-state index contributed by atoms with van der Waals surface area (Å²) in [7, 11) is 2.62. The third kappa shape index (κ3) is 2.97. The highest BCUT2D eigenvalue weighted by Gasteiger charge is 2.38. The number of hydrogen-bond donors (Lipinski definition) is 0. The van der Waals surface area contributed by atoms with E-state index in [4.69, 9.17) is 0 Å². The average Bonchev–Trinajstić information content (AvgIpc) is 2.31. The fourth-order valence-corrected chi connectivity index (χ4v) is 2.35. The Kier molecular flexibility index (Phi) is 4.77. The zero-order valence-corrected chi connectivity index (χ0v) is 10.2. The van der Waals surface area contributed by atoms with Crippen molar-refractivity contribution in [3.05, 3.63) is 0 Å². The first-order valence-corrected chi connectivity index (χ1v) is 5.75. The van der Waals surface area contributed by atoms with Gasteiger partial charge in [0.1, 0.15) is 0 Å². The summed E-state index contributed by atoms with van der Waals surface area (Å²) in [6.07, 6.45) is 3.93. The Balaban J connectivity index is 2.69. The van der Waals surface area contributed by atoms with E-state index in [0.29, 0.717) is 5.92 Å². The van der Waals surface area contributed by atoms with Gasteiger partial charge < -0.3 is 9.47 Å². The molecule has 0 saturated heterocycles. The van der Waals surface area contributed by atoms with Gasteiger partial charge in [0, 0.05) is 0 Å². The lowest BCUT2D eigenvalue weighted by atomic mass is 9.76. The first kappa shape index (κ1) is 13.0. The SMILES string of the molecule is COC(=O)C(C(=O)OC)C1CCC(C)CC1. The maximum Gasteiger partial charge on any atom is 0.320 e. The van der Waals surface area contributed by atoms with Crippen LogP contribution < -0.4 is 0 Å². The molecule has 4 heteroatoms. The van der Waals surface area contributed by atoms with Crippen LogP contribution in [0.3, 0.4) is 0 Å². The van der Waals surface area contributed by atoms with E-state index in [-0.39, 0.29) is 5.92 Å². The predicted octanol–water partition coefficient (Wildman–Crippen LogP) is 1.77. The first-order chi connectivity index (χ1) is 7.60. The van der Waals surface area contributed by atoms with Gasteiger partial charge in [-0.25, -0.2) is 0 Å². The Labute approximate surface area is 96.3 Å². The molecule has 0 aromatic carbocycles. The van der Waals surface area contributed by atoms with Gasteiger partial charge in [-0.15, -0.1) is 0 Å². The number of methoxy groups -OCH3 is 2. The van der Waals surface area contributed by atoms with Crippen LogP contribution in [0.25, 0.3) is 0 Å². The molecule has 0 unspecified atom stereocenters. The quantitative estimate of drug-likeness (QED) is 0.545. The maximum absolute atomic E-state index is 11.6. The molecule has 0 heterocycles. The van der Waals surface area contributed by atoms with Gasteiger partial charge in [-0.1, -0.05) is 19.8 Å². The smallest absolute Gasteiger partial charge is 0.320 e. The van der Waals surface area contributed by atoms with Crippen molar-refractivity contribution in [1.29, 1.82) is 0 Å². The van der Waals surface area contributed by atoms with E-state index in [1.54, 1.807) is 0 Å². The molecule has 0 aromatic rings. The molecule has 4 nitrogen and oxygen atoms in total. The van der Waals surface area contributed by atoms with Gasteiger partial charge >= 0.3 is 11.9 Å². The predicted molar refractivity (Wildman–Crippen MR) is 58.6 cm³/mol. The third-order valence-electron chi connectivity index (χ3n) is 3.44. The molecule has 1 fully saturated rings. The second-order valence-electron chi connectivity index (χ2n) is 4.54. The fraction of sp³-hybridized carbons (Fsp3) is 0.833. The Hall–Kier alpha value is -1.06. The van der Waals surface area contributed by atoms with Gasteiger partial charge in [0.15, 0.2) is 5.92 Å². The minimum atomic E-state index is -0.734. The number of ether oxygens (including phenoxy) is 2.